The van der Waals surface area contributed by atoms with E-state index < -0.39 is 0 Å². The van der Waals surface area contributed by atoms with Gasteiger partial charge < -0.3 is 5.32 Å². The Labute approximate surface area is 328 Å². The van der Waals surface area contributed by atoms with E-state index in [9.17, 15) is 0 Å². The number of benzene rings is 8. The third kappa shape index (κ3) is 7.14. The molecule has 1 heterocycles. The van der Waals surface area contributed by atoms with Crippen LogP contribution in [0.2, 0.25) is 0 Å². The molecule has 0 atom stereocenters. The fourth-order valence-corrected chi connectivity index (χ4v) is 7.41. The number of hydrogen-bond acceptors (Lipinski definition) is 3. The summed E-state index contributed by atoms with van der Waals surface area (Å²) in [5.74, 6) is 0.666. The van der Waals surface area contributed by atoms with Crippen molar-refractivity contribution in [1.82, 2.24) is 9.97 Å². The lowest BCUT2D eigenvalue weighted by Gasteiger charge is -2.23. The number of aromatic nitrogens is 2. The summed E-state index contributed by atoms with van der Waals surface area (Å²) in [4.78, 5) is 10.5. The number of anilines is 2. The molecule has 9 aromatic rings. The average Bonchev–Trinajstić information content (AvgIpc) is 3.28. The van der Waals surface area contributed by atoms with Crippen molar-refractivity contribution in [3.8, 4) is 78.4 Å². The van der Waals surface area contributed by atoms with Crippen LogP contribution in [0, 0.1) is 6.92 Å². The summed E-state index contributed by atoms with van der Waals surface area (Å²) in [7, 11) is 0. The van der Waals surface area contributed by atoms with Crippen LogP contribution in [0.3, 0.4) is 0 Å². The van der Waals surface area contributed by atoms with E-state index >= 15 is 0 Å². The first-order valence-electron chi connectivity index (χ1n) is 19.0. The van der Waals surface area contributed by atoms with Gasteiger partial charge in [0, 0.05) is 39.1 Å². The van der Waals surface area contributed by atoms with Crippen molar-refractivity contribution in [2.45, 2.75) is 6.92 Å². The Morgan fingerprint density at radius 1 is 0.304 bits per heavy atom. The second-order valence-corrected chi connectivity index (χ2v) is 13.9. The Hall–Kier alpha value is -7.36. The number of aryl methyl sites for hydroxylation is 1. The summed E-state index contributed by atoms with van der Waals surface area (Å²) < 4.78 is 0. The van der Waals surface area contributed by atoms with E-state index in [1.54, 1.807) is 0 Å². The topological polar surface area (TPSA) is 37.8 Å². The Kier molecular flexibility index (Phi) is 9.55. The molecule has 0 fully saturated rings. The molecule has 0 aliphatic rings. The Morgan fingerprint density at radius 2 is 0.643 bits per heavy atom. The summed E-state index contributed by atoms with van der Waals surface area (Å²) >= 11 is 0. The van der Waals surface area contributed by atoms with Crippen molar-refractivity contribution in [3.05, 3.63) is 218 Å². The highest BCUT2D eigenvalue weighted by Crippen LogP contribution is 2.45. The van der Waals surface area contributed by atoms with Crippen LogP contribution < -0.4 is 5.32 Å². The standard InChI is InChI=1S/C53H39N3/c1-37-32-44(38-20-8-2-9-21-38)33-46(39-22-10-3-11-23-39)51(37)56-52-47(40-24-12-4-13-25-40)34-45(35-48(52)41-26-14-5-15-27-41)53-54-49(42-28-16-6-17-29-42)36-50(55-53)43-30-18-7-19-31-43/h2-36,56H,1H3. The molecular formula is C53H39N3. The first kappa shape index (κ1) is 34.4. The molecule has 0 spiro atoms. The minimum Gasteiger partial charge on any atom is -0.354 e. The predicted molar refractivity (Wildman–Crippen MR) is 235 cm³/mol. The quantitative estimate of drug-likeness (QED) is 0.162. The molecule has 0 aliphatic carbocycles. The van der Waals surface area contributed by atoms with Crippen molar-refractivity contribution < 1.29 is 0 Å². The molecule has 56 heavy (non-hydrogen) atoms. The van der Waals surface area contributed by atoms with Crippen molar-refractivity contribution in [2.75, 3.05) is 5.32 Å². The zero-order chi connectivity index (χ0) is 37.7. The highest BCUT2D eigenvalue weighted by atomic mass is 14.9. The van der Waals surface area contributed by atoms with Gasteiger partial charge >= 0.3 is 0 Å². The molecule has 0 saturated heterocycles. The molecular weight excluding hydrogens is 679 g/mol. The van der Waals surface area contributed by atoms with E-state index in [0.717, 1.165) is 78.4 Å². The molecule has 9 rings (SSSR count). The molecule has 3 heteroatoms. The maximum Gasteiger partial charge on any atom is 0.160 e. The molecule has 0 saturated carbocycles. The van der Waals surface area contributed by atoms with Gasteiger partial charge in [-0.05, 0) is 70.6 Å². The maximum atomic E-state index is 5.26. The summed E-state index contributed by atoms with van der Waals surface area (Å²) in [6.07, 6.45) is 0. The van der Waals surface area contributed by atoms with Crippen molar-refractivity contribution in [1.29, 1.82) is 0 Å². The molecule has 0 unspecified atom stereocenters. The molecule has 0 aliphatic heterocycles. The number of hydrogen-bond donors (Lipinski definition) is 1. The van der Waals surface area contributed by atoms with E-state index in [2.05, 4.69) is 212 Å². The molecule has 0 amide bonds. The number of nitrogens with zero attached hydrogens (tertiary/aromatic N) is 2. The lowest BCUT2D eigenvalue weighted by atomic mass is 9.91. The van der Waals surface area contributed by atoms with Crippen molar-refractivity contribution >= 4 is 11.4 Å². The Balaban J connectivity index is 1.30. The number of nitrogens with one attached hydrogen (secondary N) is 1. The highest BCUT2D eigenvalue weighted by molar-refractivity contribution is 5.99. The lowest BCUT2D eigenvalue weighted by Crippen LogP contribution is -2.03. The SMILES string of the molecule is Cc1cc(-c2ccccc2)cc(-c2ccccc2)c1Nc1c(-c2ccccc2)cc(-c2nc(-c3ccccc3)cc(-c3ccccc3)n2)cc1-c1ccccc1. The largest absolute Gasteiger partial charge is 0.354 e. The number of rotatable bonds is 9. The average molecular weight is 718 g/mol. The minimum absolute atomic E-state index is 0.666. The Bertz CT molecular complexity index is 2610. The van der Waals surface area contributed by atoms with E-state index in [1.807, 2.05) is 12.1 Å². The van der Waals surface area contributed by atoms with Crippen molar-refractivity contribution in [2.24, 2.45) is 0 Å². The van der Waals surface area contributed by atoms with E-state index in [4.69, 9.17) is 9.97 Å². The summed E-state index contributed by atoms with van der Waals surface area (Å²) in [5, 5.41) is 4.06. The zero-order valence-electron chi connectivity index (χ0n) is 31.1. The van der Waals surface area contributed by atoms with Crippen molar-refractivity contribution in [3.63, 3.8) is 0 Å². The molecule has 1 N–H and O–H groups in total. The zero-order valence-corrected chi connectivity index (χ0v) is 31.1. The van der Waals surface area contributed by atoms with Crippen LogP contribution in [-0.2, 0) is 0 Å². The van der Waals surface area contributed by atoms with Crippen LogP contribution in [0.5, 0.6) is 0 Å². The summed E-state index contributed by atoms with van der Waals surface area (Å²) in [5.41, 5.74) is 17.0. The van der Waals surface area contributed by atoms with Gasteiger partial charge in [-0.15, -0.1) is 0 Å². The van der Waals surface area contributed by atoms with E-state index in [-0.39, 0.29) is 0 Å². The Morgan fingerprint density at radius 3 is 1.05 bits per heavy atom. The molecule has 266 valence electrons. The molecule has 8 aromatic carbocycles. The fraction of sp³-hybridized carbons (Fsp3) is 0.0189. The van der Waals surface area contributed by atoms with Crippen LogP contribution in [-0.4, -0.2) is 9.97 Å². The first-order chi connectivity index (χ1) is 27.7. The second kappa shape index (κ2) is 15.5. The molecule has 1 aromatic heterocycles. The van der Waals surface area contributed by atoms with Gasteiger partial charge in [0.2, 0.25) is 0 Å². The van der Waals surface area contributed by atoms with Crippen LogP contribution in [0.25, 0.3) is 78.4 Å². The van der Waals surface area contributed by atoms with Gasteiger partial charge in [-0.25, -0.2) is 9.97 Å². The molecule has 0 bridgehead atoms. The maximum absolute atomic E-state index is 5.26. The summed E-state index contributed by atoms with van der Waals surface area (Å²) in [6.45, 7) is 2.20. The van der Waals surface area contributed by atoms with Gasteiger partial charge in [-0.2, -0.15) is 0 Å². The normalized spacial score (nSPS) is 10.9. The van der Waals surface area contributed by atoms with Gasteiger partial charge in [-0.1, -0.05) is 182 Å². The fourth-order valence-electron chi connectivity index (χ4n) is 7.41. The first-order valence-corrected chi connectivity index (χ1v) is 19.0. The molecule has 3 nitrogen and oxygen atoms in total. The van der Waals surface area contributed by atoms with Gasteiger partial charge in [0.15, 0.2) is 5.82 Å². The van der Waals surface area contributed by atoms with Crippen LogP contribution in [0.4, 0.5) is 11.4 Å². The monoisotopic (exact) mass is 717 g/mol. The minimum atomic E-state index is 0.666. The van der Waals surface area contributed by atoms with Gasteiger partial charge in [-0.3, -0.25) is 0 Å². The smallest absolute Gasteiger partial charge is 0.160 e. The predicted octanol–water partition coefficient (Wildman–Crippen LogP) is 14.2. The second-order valence-electron chi connectivity index (χ2n) is 13.9. The lowest BCUT2D eigenvalue weighted by molar-refractivity contribution is 1.18. The van der Waals surface area contributed by atoms with Gasteiger partial charge in [0.1, 0.15) is 0 Å². The third-order valence-electron chi connectivity index (χ3n) is 10.2. The van der Waals surface area contributed by atoms with Gasteiger partial charge in [0.05, 0.1) is 17.1 Å². The van der Waals surface area contributed by atoms with Crippen LogP contribution in [0.1, 0.15) is 5.56 Å². The van der Waals surface area contributed by atoms with Gasteiger partial charge in [0.25, 0.3) is 0 Å². The third-order valence-corrected chi connectivity index (χ3v) is 10.2. The highest BCUT2D eigenvalue weighted by Gasteiger charge is 2.21. The molecule has 0 radical (unpaired) electrons. The van der Waals surface area contributed by atoms with Crippen LogP contribution >= 0.6 is 0 Å². The van der Waals surface area contributed by atoms with E-state index in [1.165, 1.54) is 11.1 Å². The summed E-state index contributed by atoms with van der Waals surface area (Å²) in [6, 6.07) is 74.4. The van der Waals surface area contributed by atoms with Crippen LogP contribution in [0.15, 0.2) is 212 Å². The van der Waals surface area contributed by atoms with E-state index in [0.29, 0.717) is 5.82 Å².